The van der Waals surface area contributed by atoms with E-state index in [9.17, 15) is 4.79 Å². The van der Waals surface area contributed by atoms with Gasteiger partial charge in [-0.2, -0.15) is 0 Å². The van der Waals surface area contributed by atoms with E-state index in [0.717, 1.165) is 29.1 Å². The lowest BCUT2D eigenvalue weighted by Crippen LogP contribution is -2.18. The number of ether oxygens (including phenoxy) is 1. The van der Waals surface area contributed by atoms with Crippen molar-refractivity contribution >= 4 is 11.5 Å². The standard InChI is InChI=1S/C17H19NO2/c1-13(19)16-9-4-5-10-17(16)18(2)12-14-7-6-8-15(11-14)20-3/h4-11H,12H2,1-3H3. The molecule has 20 heavy (non-hydrogen) atoms. The number of rotatable bonds is 5. The molecule has 0 aromatic heterocycles. The fraction of sp³-hybridized carbons (Fsp3) is 0.235. The monoisotopic (exact) mass is 269 g/mol. The normalized spacial score (nSPS) is 10.2. The van der Waals surface area contributed by atoms with E-state index in [1.807, 2.05) is 49.5 Å². The largest absolute Gasteiger partial charge is 0.497 e. The van der Waals surface area contributed by atoms with E-state index < -0.39 is 0 Å². The van der Waals surface area contributed by atoms with E-state index in [2.05, 4.69) is 11.0 Å². The fourth-order valence-electron chi connectivity index (χ4n) is 2.23. The molecule has 0 amide bonds. The number of hydrogen-bond acceptors (Lipinski definition) is 3. The molecule has 2 rings (SSSR count). The Hall–Kier alpha value is -2.29. The smallest absolute Gasteiger partial charge is 0.161 e. The number of benzene rings is 2. The summed E-state index contributed by atoms with van der Waals surface area (Å²) in [4.78, 5) is 13.8. The number of ketones is 1. The van der Waals surface area contributed by atoms with Crippen LogP contribution in [-0.2, 0) is 6.54 Å². The van der Waals surface area contributed by atoms with Gasteiger partial charge in [-0.3, -0.25) is 4.79 Å². The van der Waals surface area contributed by atoms with Gasteiger partial charge < -0.3 is 9.64 Å². The number of hydrogen-bond donors (Lipinski definition) is 0. The first-order valence-corrected chi connectivity index (χ1v) is 6.56. The second-order valence-electron chi connectivity index (χ2n) is 4.78. The number of carbonyl (C=O) groups excluding carboxylic acids is 1. The summed E-state index contributed by atoms with van der Waals surface area (Å²) in [6.45, 7) is 2.32. The molecule has 2 aromatic carbocycles. The maximum Gasteiger partial charge on any atom is 0.161 e. The Bertz CT molecular complexity index is 607. The predicted octanol–water partition coefficient (Wildman–Crippen LogP) is 3.53. The lowest BCUT2D eigenvalue weighted by Gasteiger charge is -2.22. The van der Waals surface area contributed by atoms with Crippen LogP contribution < -0.4 is 9.64 Å². The molecule has 0 aliphatic rings. The van der Waals surface area contributed by atoms with Crippen molar-refractivity contribution in [2.45, 2.75) is 13.5 Å². The third kappa shape index (κ3) is 3.18. The highest BCUT2D eigenvalue weighted by Gasteiger charge is 2.10. The highest BCUT2D eigenvalue weighted by atomic mass is 16.5. The number of methoxy groups -OCH3 is 1. The number of anilines is 1. The zero-order valence-electron chi connectivity index (χ0n) is 12.1. The number of nitrogens with zero attached hydrogens (tertiary/aromatic N) is 1. The topological polar surface area (TPSA) is 29.5 Å². The summed E-state index contributed by atoms with van der Waals surface area (Å²) in [7, 11) is 3.65. The third-order valence-corrected chi connectivity index (χ3v) is 3.25. The first-order chi connectivity index (χ1) is 9.61. The van der Waals surface area contributed by atoms with Gasteiger partial charge in [-0.05, 0) is 36.8 Å². The minimum Gasteiger partial charge on any atom is -0.497 e. The van der Waals surface area contributed by atoms with Crippen LogP contribution in [0.1, 0.15) is 22.8 Å². The maximum atomic E-state index is 11.7. The zero-order chi connectivity index (χ0) is 14.5. The van der Waals surface area contributed by atoms with Crippen LogP contribution in [0.25, 0.3) is 0 Å². The van der Waals surface area contributed by atoms with Crippen molar-refractivity contribution in [3.8, 4) is 5.75 Å². The minimum atomic E-state index is 0.0816. The quantitative estimate of drug-likeness (QED) is 0.778. The van der Waals surface area contributed by atoms with E-state index in [4.69, 9.17) is 4.74 Å². The van der Waals surface area contributed by atoms with Gasteiger partial charge in [-0.25, -0.2) is 0 Å². The first kappa shape index (κ1) is 14.1. The van der Waals surface area contributed by atoms with Crippen LogP contribution in [0.3, 0.4) is 0 Å². The molecule has 0 radical (unpaired) electrons. The fourth-order valence-corrected chi connectivity index (χ4v) is 2.23. The molecule has 0 fully saturated rings. The summed E-state index contributed by atoms with van der Waals surface area (Å²) in [5.74, 6) is 0.925. The van der Waals surface area contributed by atoms with Gasteiger partial charge in [-0.1, -0.05) is 24.3 Å². The Morgan fingerprint density at radius 1 is 1.15 bits per heavy atom. The van der Waals surface area contributed by atoms with Crippen molar-refractivity contribution in [3.05, 3.63) is 59.7 Å². The molecule has 2 aromatic rings. The molecule has 0 N–H and O–H groups in total. The maximum absolute atomic E-state index is 11.7. The summed E-state index contributed by atoms with van der Waals surface area (Å²) in [5, 5.41) is 0. The van der Waals surface area contributed by atoms with Gasteiger partial charge in [0.25, 0.3) is 0 Å². The van der Waals surface area contributed by atoms with Crippen LogP contribution in [0.4, 0.5) is 5.69 Å². The Morgan fingerprint density at radius 3 is 2.60 bits per heavy atom. The molecule has 0 unspecified atom stereocenters. The van der Waals surface area contributed by atoms with Crippen molar-refractivity contribution in [1.29, 1.82) is 0 Å². The molecule has 0 aliphatic heterocycles. The Labute approximate surface area is 119 Å². The lowest BCUT2D eigenvalue weighted by molar-refractivity contribution is 0.101. The van der Waals surface area contributed by atoms with Crippen molar-refractivity contribution in [2.75, 3.05) is 19.1 Å². The number of carbonyl (C=O) groups is 1. The summed E-state index contributed by atoms with van der Waals surface area (Å²) in [5.41, 5.74) is 2.84. The Balaban J connectivity index is 2.23. The summed E-state index contributed by atoms with van der Waals surface area (Å²) in [6, 6.07) is 15.6. The Morgan fingerprint density at radius 2 is 1.90 bits per heavy atom. The molecule has 0 heterocycles. The van der Waals surface area contributed by atoms with Crippen LogP contribution in [0.15, 0.2) is 48.5 Å². The molecule has 3 heteroatoms. The molecule has 0 atom stereocenters. The van der Waals surface area contributed by atoms with Gasteiger partial charge in [0, 0.05) is 24.8 Å². The van der Waals surface area contributed by atoms with Crippen LogP contribution in [-0.4, -0.2) is 19.9 Å². The van der Waals surface area contributed by atoms with Gasteiger partial charge in [0.2, 0.25) is 0 Å². The van der Waals surface area contributed by atoms with Crippen molar-refractivity contribution in [1.82, 2.24) is 0 Å². The molecular weight excluding hydrogens is 250 g/mol. The predicted molar refractivity (Wildman–Crippen MR) is 81.5 cm³/mol. The molecule has 0 bridgehead atoms. The van der Waals surface area contributed by atoms with E-state index >= 15 is 0 Å². The first-order valence-electron chi connectivity index (χ1n) is 6.56. The second-order valence-corrected chi connectivity index (χ2v) is 4.78. The average molecular weight is 269 g/mol. The number of para-hydroxylation sites is 1. The molecule has 104 valence electrons. The molecular formula is C17H19NO2. The van der Waals surface area contributed by atoms with Gasteiger partial charge >= 0.3 is 0 Å². The van der Waals surface area contributed by atoms with Crippen molar-refractivity contribution in [3.63, 3.8) is 0 Å². The average Bonchev–Trinajstić information content (AvgIpc) is 2.47. The van der Waals surface area contributed by atoms with Crippen LogP contribution in [0.5, 0.6) is 5.75 Å². The highest BCUT2D eigenvalue weighted by molar-refractivity contribution is 5.99. The van der Waals surface area contributed by atoms with Gasteiger partial charge in [-0.15, -0.1) is 0 Å². The molecule has 3 nitrogen and oxygen atoms in total. The SMILES string of the molecule is COc1cccc(CN(C)c2ccccc2C(C)=O)c1. The molecule has 0 saturated heterocycles. The summed E-state index contributed by atoms with van der Waals surface area (Å²) < 4.78 is 5.23. The minimum absolute atomic E-state index is 0.0816. The second kappa shape index (κ2) is 6.24. The molecule has 0 saturated carbocycles. The molecule has 0 aliphatic carbocycles. The van der Waals surface area contributed by atoms with Crippen LogP contribution >= 0.6 is 0 Å². The summed E-state index contributed by atoms with van der Waals surface area (Å²) in [6.07, 6.45) is 0. The van der Waals surface area contributed by atoms with Gasteiger partial charge in [0.1, 0.15) is 5.75 Å². The van der Waals surface area contributed by atoms with Crippen molar-refractivity contribution in [2.24, 2.45) is 0 Å². The van der Waals surface area contributed by atoms with Crippen LogP contribution in [0, 0.1) is 0 Å². The number of Topliss-reactive ketones (excluding diaryl/α,β-unsaturated/α-hetero) is 1. The van der Waals surface area contributed by atoms with Crippen molar-refractivity contribution < 1.29 is 9.53 Å². The lowest BCUT2D eigenvalue weighted by atomic mass is 10.1. The highest BCUT2D eigenvalue weighted by Crippen LogP contribution is 2.22. The van der Waals surface area contributed by atoms with E-state index in [1.165, 1.54) is 0 Å². The van der Waals surface area contributed by atoms with Crippen LogP contribution in [0.2, 0.25) is 0 Å². The van der Waals surface area contributed by atoms with Gasteiger partial charge in [0.05, 0.1) is 7.11 Å². The third-order valence-electron chi connectivity index (χ3n) is 3.25. The summed E-state index contributed by atoms with van der Waals surface area (Å²) >= 11 is 0. The zero-order valence-corrected chi connectivity index (χ0v) is 12.1. The van der Waals surface area contributed by atoms with E-state index in [-0.39, 0.29) is 5.78 Å². The van der Waals surface area contributed by atoms with E-state index in [1.54, 1.807) is 14.0 Å². The molecule has 0 spiro atoms. The Kier molecular flexibility index (Phi) is 4.41. The van der Waals surface area contributed by atoms with Gasteiger partial charge in [0.15, 0.2) is 5.78 Å². The van der Waals surface area contributed by atoms with E-state index in [0.29, 0.717) is 0 Å².